The van der Waals surface area contributed by atoms with Gasteiger partial charge in [0.25, 0.3) is 0 Å². The van der Waals surface area contributed by atoms with Crippen molar-refractivity contribution in [1.82, 2.24) is 0 Å². The second-order valence-electron chi connectivity index (χ2n) is 4.38. The summed E-state index contributed by atoms with van der Waals surface area (Å²) in [6.45, 7) is 1.64. The molecular weight excluding hydrogens is 258 g/mol. The summed E-state index contributed by atoms with van der Waals surface area (Å²) in [5.74, 6) is -0.188. The fraction of sp³-hybridized carbons (Fsp3) is 0.500. The van der Waals surface area contributed by atoms with Crippen molar-refractivity contribution in [2.75, 3.05) is 6.54 Å². The molecule has 1 aliphatic heterocycles. The molecule has 1 aliphatic rings. The second kappa shape index (κ2) is 5.12. The lowest BCUT2D eigenvalue weighted by atomic mass is 9.81. The Morgan fingerprint density at radius 2 is 2.28 bits per heavy atom. The van der Waals surface area contributed by atoms with Gasteiger partial charge in [-0.3, -0.25) is 10.1 Å². The first-order valence-electron chi connectivity index (χ1n) is 5.79. The Balaban J connectivity index is 2.44. The van der Waals surface area contributed by atoms with Gasteiger partial charge in [0.05, 0.1) is 5.92 Å². The normalized spacial score (nSPS) is 26.3. The number of hydrogen-bond donors (Lipinski definition) is 1. The number of nitro groups is 1. The smallest absolute Gasteiger partial charge is 0.211 e. The van der Waals surface area contributed by atoms with Gasteiger partial charge in [0.1, 0.15) is 5.75 Å². The molecule has 0 bridgehead atoms. The van der Waals surface area contributed by atoms with E-state index in [0.29, 0.717) is 22.8 Å². The monoisotopic (exact) mass is 271 g/mol. The minimum atomic E-state index is -1.01. The Bertz CT molecular complexity index is 465. The molecule has 0 saturated heterocycles. The molecule has 1 heterocycles. The van der Waals surface area contributed by atoms with Crippen molar-refractivity contribution in [2.45, 2.75) is 25.6 Å². The van der Waals surface area contributed by atoms with E-state index in [-0.39, 0.29) is 23.3 Å². The number of halogens is 1. The van der Waals surface area contributed by atoms with Crippen LogP contribution >= 0.6 is 11.6 Å². The van der Waals surface area contributed by atoms with Gasteiger partial charge in [-0.2, -0.15) is 0 Å². The van der Waals surface area contributed by atoms with Crippen LogP contribution in [0.4, 0.5) is 0 Å². The predicted molar refractivity (Wildman–Crippen MR) is 66.5 cm³/mol. The van der Waals surface area contributed by atoms with Gasteiger partial charge in [-0.05, 0) is 24.6 Å². The van der Waals surface area contributed by atoms with E-state index in [0.717, 1.165) is 0 Å². The highest BCUT2D eigenvalue weighted by Gasteiger charge is 2.39. The van der Waals surface area contributed by atoms with Crippen LogP contribution in [-0.4, -0.2) is 22.9 Å². The van der Waals surface area contributed by atoms with E-state index in [1.54, 1.807) is 18.2 Å². The van der Waals surface area contributed by atoms with Crippen molar-refractivity contribution in [2.24, 2.45) is 5.92 Å². The first kappa shape index (κ1) is 13.1. The third kappa shape index (κ3) is 2.42. The quantitative estimate of drug-likeness (QED) is 0.677. The maximum atomic E-state index is 10.8. The van der Waals surface area contributed by atoms with Crippen LogP contribution in [0, 0.1) is 16.0 Å². The number of ether oxygens (including phenoxy) is 1. The zero-order valence-corrected chi connectivity index (χ0v) is 10.6. The number of hydrogen-bond acceptors (Lipinski definition) is 4. The summed E-state index contributed by atoms with van der Waals surface area (Å²) in [4.78, 5) is 10.4. The first-order chi connectivity index (χ1) is 8.52. The van der Waals surface area contributed by atoms with E-state index in [1.165, 1.54) is 0 Å². The molecule has 1 aromatic rings. The molecular formula is C12H14ClNO4. The third-order valence-corrected chi connectivity index (χ3v) is 3.55. The molecule has 0 fully saturated rings. The number of benzene rings is 1. The van der Waals surface area contributed by atoms with Crippen LogP contribution in [0.5, 0.6) is 5.75 Å². The number of nitrogens with zero attached hydrogens (tertiary/aromatic N) is 1. The third-order valence-electron chi connectivity index (χ3n) is 3.32. The van der Waals surface area contributed by atoms with Gasteiger partial charge < -0.3 is 9.84 Å². The van der Waals surface area contributed by atoms with Gasteiger partial charge in [-0.25, -0.2) is 0 Å². The highest BCUT2D eigenvalue weighted by atomic mass is 35.5. The Morgan fingerprint density at radius 3 is 2.89 bits per heavy atom. The molecule has 0 radical (unpaired) electrons. The van der Waals surface area contributed by atoms with Crippen molar-refractivity contribution >= 4 is 11.6 Å². The highest BCUT2D eigenvalue weighted by Crippen LogP contribution is 2.42. The number of rotatable bonds is 3. The first-order valence-corrected chi connectivity index (χ1v) is 6.16. The Morgan fingerprint density at radius 1 is 1.56 bits per heavy atom. The van der Waals surface area contributed by atoms with Crippen LogP contribution in [-0.2, 0) is 0 Å². The van der Waals surface area contributed by atoms with Gasteiger partial charge in [0.2, 0.25) is 12.8 Å². The molecule has 1 aromatic carbocycles. The topological polar surface area (TPSA) is 72.6 Å². The molecule has 0 amide bonds. The molecule has 1 unspecified atom stereocenters. The molecule has 0 saturated carbocycles. The van der Waals surface area contributed by atoms with Crippen molar-refractivity contribution in [3.05, 3.63) is 38.9 Å². The Hall–Kier alpha value is -1.33. The number of aliphatic hydroxyl groups is 1. The van der Waals surface area contributed by atoms with E-state index in [1.807, 2.05) is 6.92 Å². The Kier molecular flexibility index (Phi) is 3.73. The van der Waals surface area contributed by atoms with E-state index in [2.05, 4.69) is 0 Å². The van der Waals surface area contributed by atoms with Crippen molar-refractivity contribution in [1.29, 1.82) is 0 Å². The largest absolute Gasteiger partial charge is 0.465 e. The van der Waals surface area contributed by atoms with Gasteiger partial charge in [0, 0.05) is 21.4 Å². The zero-order valence-electron chi connectivity index (χ0n) is 9.88. The van der Waals surface area contributed by atoms with Gasteiger partial charge in [-0.1, -0.05) is 18.5 Å². The summed E-state index contributed by atoms with van der Waals surface area (Å²) in [6.07, 6.45) is -0.403. The fourth-order valence-corrected chi connectivity index (χ4v) is 2.62. The lowest BCUT2D eigenvalue weighted by Gasteiger charge is -2.34. The standard InChI is InChI=1S/C12H14ClNO4/c1-2-8-10(6-14(16)17)9-5-7(13)3-4-11(9)18-12(8)15/h3-5,8,10,12,15H,2,6H2,1H3/t8-,10+,12?/m1/s1. The molecule has 5 nitrogen and oxygen atoms in total. The molecule has 0 aliphatic carbocycles. The minimum absolute atomic E-state index is 0.230. The lowest BCUT2D eigenvalue weighted by Crippen LogP contribution is -2.38. The summed E-state index contributed by atoms with van der Waals surface area (Å²) < 4.78 is 5.38. The van der Waals surface area contributed by atoms with E-state index < -0.39 is 6.29 Å². The van der Waals surface area contributed by atoms with Gasteiger partial charge in [-0.15, -0.1) is 0 Å². The van der Waals surface area contributed by atoms with Crippen LogP contribution in [0.3, 0.4) is 0 Å². The van der Waals surface area contributed by atoms with Gasteiger partial charge in [0.15, 0.2) is 0 Å². The molecule has 6 heteroatoms. The maximum Gasteiger partial charge on any atom is 0.211 e. The average Bonchev–Trinajstić information content (AvgIpc) is 2.30. The SMILES string of the molecule is CC[C@H]1C(O)Oc2ccc(Cl)cc2[C@H]1C[N+](=O)[O-]. The van der Waals surface area contributed by atoms with Gasteiger partial charge >= 0.3 is 0 Å². The van der Waals surface area contributed by atoms with E-state index in [4.69, 9.17) is 16.3 Å². The van der Waals surface area contributed by atoms with Crippen LogP contribution in [0.1, 0.15) is 24.8 Å². The summed E-state index contributed by atoms with van der Waals surface area (Å²) in [5, 5.41) is 21.2. The lowest BCUT2D eigenvalue weighted by molar-refractivity contribution is -0.486. The zero-order chi connectivity index (χ0) is 13.3. The van der Waals surface area contributed by atoms with Crippen LogP contribution in [0.2, 0.25) is 5.02 Å². The van der Waals surface area contributed by atoms with E-state index in [9.17, 15) is 15.2 Å². The van der Waals surface area contributed by atoms with Crippen molar-refractivity contribution in [3.63, 3.8) is 0 Å². The average molecular weight is 272 g/mol. The van der Waals surface area contributed by atoms with Crippen molar-refractivity contribution < 1.29 is 14.8 Å². The molecule has 2 rings (SSSR count). The molecule has 0 spiro atoms. The highest BCUT2D eigenvalue weighted by molar-refractivity contribution is 6.30. The molecule has 1 N–H and O–H groups in total. The number of fused-ring (bicyclic) bond motifs is 1. The van der Waals surface area contributed by atoms with Crippen LogP contribution < -0.4 is 4.74 Å². The summed E-state index contributed by atoms with van der Waals surface area (Å²) in [7, 11) is 0. The molecule has 18 heavy (non-hydrogen) atoms. The van der Waals surface area contributed by atoms with E-state index >= 15 is 0 Å². The minimum Gasteiger partial charge on any atom is -0.465 e. The maximum absolute atomic E-state index is 10.8. The van der Waals surface area contributed by atoms with Crippen LogP contribution in [0.15, 0.2) is 18.2 Å². The summed E-state index contributed by atoms with van der Waals surface area (Å²) in [5.41, 5.74) is 0.705. The summed E-state index contributed by atoms with van der Waals surface area (Å²) >= 11 is 5.92. The predicted octanol–water partition coefficient (Wildman–Crippen LogP) is 2.44. The summed E-state index contributed by atoms with van der Waals surface area (Å²) in [6, 6.07) is 4.96. The van der Waals surface area contributed by atoms with Crippen LogP contribution in [0.25, 0.3) is 0 Å². The molecule has 0 aromatic heterocycles. The molecule has 98 valence electrons. The number of aliphatic hydroxyl groups excluding tert-OH is 1. The molecule has 3 atom stereocenters. The Labute approximate surface area is 109 Å². The fourth-order valence-electron chi connectivity index (χ4n) is 2.44. The van der Waals surface area contributed by atoms with Crippen molar-refractivity contribution in [3.8, 4) is 5.75 Å². The second-order valence-corrected chi connectivity index (χ2v) is 4.82.